The van der Waals surface area contributed by atoms with Crippen LogP contribution in [-0.4, -0.2) is 40.4 Å². The van der Waals surface area contributed by atoms with Gasteiger partial charge in [-0.3, -0.25) is 9.78 Å². The fraction of sp³-hybridized carbons (Fsp3) is 0.308. The molecule has 3 fully saturated rings. The number of sulfone groups is 1. The number of aromatic nitrogens is 1. The Bertz CT molecular complexity index is 1460. The largest absolute Gasteiger partial charge is 0.386 e. The molecule has 37 heavy (non-hydrogen) atoms. The first kappa shape index (κ1) is 25.7. The molecule has 3 saturated carbocycles. The molecule has 11 heteroatoms. The van der Waals surface area contributed by atoms with Crippen LogP contribution in [0.15, 0.2) is 65.8 Å². The number of hydrogen-bond acceptors (Lipinski definition) is 6. The second kappa shape index (κ2) is 9.43. The van der Waals surface area contributed by atoms with Gasteiger partial charge in [0.1, 0.15) is 11.7 Å². The maximum atomic E-state index is 13.6. The number of aliphatic hydroxyl groups excluding tert-OH is 1. The molecule has 3 aromatic rings. The lowest BCUT2D eigenvalue weighted by molar-refractivity contribution is -0.233. The molecule has 3 unspecified atom stereocenters. The third-order valence-corrected chi connectivity index (χ3v) is 10.2. The molecule has 0 aliphatic heterocycles. The Morgan fingerprint density at radius 3 is 2.35 bits per heavy atom. The summed E-state index contributed by atoms with van der Waals surface area (Å²) in [7, 11) is -4.00. The van der Waals surface area contributed by atoms with Crippen LogP contribution in [0.4, 0.5) is 14.5 Å². The maximum absolute atomic E-state index is 13.6. The molecule has 3 aliphatic rings. The monoisotopic (exact) mass is 548 g/mol. The van der Waals surface area contributed by atoms with Crippen LogP contribution < -0.4 is 5.32 Å². The minimum absolute atomic E-state index is 0.00247. The quantitative estimate of drug-likeness (QED) is 0.423. The van der Waals surface area contributed by atoms with Gasteiger partial charge in [0.05, 0.1) is 15.2 Å². The van der Waals surface area contributed by atoms with E-state index in [1.54, 1.807) is 12.1 Å². The van der Waals surface area contributed by atoms with Gasteiger partial charge < -0.3 is 15.5 Å². The lowest BCUT2D eigenvalue weighted by atomic mass is 9.51. The summed E-state index contributed by atoms with van der Waals surface area (Å²) >= 11 is 6.24. The van der Waals surface area contributed by atoms with E-state index >= 15 is 0 Å². The number of fused-ring (bicyclic) bond motifs is 2. The molecule has 0 spiro atoms. The summed E-state index contributed by atoms with van der Waals surface area (Å²) in [5, 5.41) is 23.7. The van der Waals surface area contributed by atoms with E-state index in [0.29, 0.717) is 12.0 Å². The molecular formula is C26H23ClF2N2O5S. The SMILES string of the molecule is O=C(Nc1ccc(F)c(F)c1)c1ccc(Cl)c(S(=O)(=O)C2CC3CC(C2)C3(O)C(O)c2ccncc2)c1. The highest BCUT2D eigenvalue weighted by Crippen LogP contribution is 2.60. The molecule has 2 bridgehead atoms. The summed E-state index contributed by atoms with van der Waals surface area (Å²) in [5.74, 6) is -3.80. The Hall–Kier alpha value is -2.92. The molecule has 3 aliphatic carbocycles. The standard InChI is InChI=1S/C26H23ClF2N2O5S/c27-20-3-1-15(25(33)31-18-2-4-21(28)22(29)13-18)9-23(20)37(35,36)19-11-16-10-17(12-19)26(16,34)24(32)14-5-7-30-8-6-14/h1-9,13,16-17,19,24,32,34H,10-12H2,(H,31,33). The molecule has 3 N–H and O–H groups in total. The molecule has 0 saturated heterocycles. The zero-order valence-corrected chi connectivity index (χ0v) is 20.9. The van der Waals surface area contributed by atoms with E-state index in [9.17, 15) is 32.2 Å². The van der Waals surface area contributed by atoms with E-state index in [-0.39, 0.29) is 34.0 Å². The number of nitrogens with zero attached hydrogens (tertiary/aromatic N) is 1. The van der Waals surface area contributed by atoms with Crippen molar-refractivity contribution in [3.63, 3.8) is 0 Å². The van der Waals surface area contributed by atoms with Crippen molar-refractivity contribution in [2.45, 2.75) is 41.1 Å². The van der Waals surface area contributed by atoms with Gasteiger partial charge in [-0.05, 0) is 79.1 Å². The van der Waals surface area contributed by atoms with Crippen molar-refractivity contribution in [3.8, 4) is 0 Å². The average Bonchev–Trinajstić information content (AvgIpc) is 2.90. The smallest absolute Gasteiger partial charge is 0.255 e. The number of carbonyl (C=O) groups excluding carboxylic acids is 1. The van der Waals surface area contributed by atoms with Crippen molar-refractivity contribution < 1.29 is 32.2 Å². The van der Waals surface area contributed by atoms with Crippen molar-refractivity contribution >= 4 is 33.0 Å². The van der Waals surface area contributed by atoms with Gasteiger partial charge in [-0.25, -0.2) is 17.2 Å². The predicted octanol–water partition coefficient (Wildman–Crippen LogP) is 4.30. The van der Waals surface area contributed by atoms with E-state index in [1.165, 1.54) is 30.6 Å². The minimum Gasteiger partial charge on any atom is -0.386 e. The Labute approximate surface area is 217 Å². The minimum atomic E-state index is -4.00. The van der Waals surface area contributed by atoms with Crippen molar-refractivity contribution in [3.05, 3.63) is 88.7 Å². The topological polar surface area (TPSA) is 117 Å². The summed E-state index contributed by atoms with van der Waals surface area (Å²) in [5.41, 5.74) is -0.958. The van der Waals surface area contributed by atoms with E-state index in [2.05, 4.69) is 10.3 Å². The number of carbonyl (C=O) groups is 1. The second-order valence-electron chi connectivity index (χ2n) is 9.57. The van der Waals surface area contributed by atoms with Gasteiger partial charge >= 0.3 is 0 Å². The van der Waals surface area contributed by atoms with Crippen molar-refractivity contribution in [1.82, 2.24) is 4.98 Å². The van der Waals surface area contributed by atoms with Gasteiger partial charge in [0.25, 0.3) is 5.91 Å². The van der Waals surface area contributed by atoms with Crippen LogP contribution in [0.3, 0.4) is 0 Å². The van der Waals surface area contributed by atoms with E-state index < -0.39 is 56.2 Å². The van der Waals surface area contributed by atoms with Gasteiger partial charge in [-0.2, -0.15) is 0 Å². The zero-order chi connectivity index (χ0) is 26.5. The van der Waals surface area contributed by atoms with Gasteiger partial charge in [-0.15, -0.1) is 0 Å². The number of benzene rings is 2. The lowest BCUT2D eigenvalue weighted by Gasteiger charge is -2.60. The molecule has 194 valence electrons. The molecule has 1 heterocycles. The number of amides is 1. The van der Waals surface area contributed by atoms with Crippen LogP contribution in [0.2, 0.25) is 5.02 Å². The first-order valence-corrected chi connectivity index (χ1v) is 13.5. The Kier molecular flexibility index (Phi) is 6.56. The average molecular weight is 549 g/mol. The molecule has 2 aromatic carbocycles. The molecule has 0 radical (unpaired) electrons. The van der Waals surface area contributed by atoms with E-state index in [4.69, 9.17) is 11.6 Å². The third kappa shape index (κ3) is 4.41. The zero-order valence-electron chi connectivity index (χ0n) is 19.3. The van der Waals surface area contributed by atoms with Crippen molar-refractivity contribution in [2.75, 3.05) is 5.32 Å². The van der Waals surface area contributed by atoms with Crippen molar-refractivity contribution in [1.29, 1.82) is 0 Å². The van der Waals surface area contributed by atoms with Crippen LogP contribution in [0, 0.1) is 23.5 Å². The van der Waals surface area contributed by atoms with Crippen LogP contribution in [0.5, 0.6) is 0 Å². The van der Waals surface area contributed by atoms with Gasteiger partial charge in [0.15, 0.2) is 21.5 Å². The van der Waals surface area contributed by atoms with Crippen LogP contribution in [0.25, 0.3) is 0 Å². The van der Waals surface area contributed by atoms with Gasteiger partial charge in [0, 0.05) is 29.7 Å². The number of nitrogens with one attached hydrogen (secondary N) is 1. The summed E-state index contributed by atoms with van der Waals surface area (Å²) < 4.78 is 53.8. The summed E-state index contributed by atoms with van der Waals surface area (Å²) in [6.45, 7) is 0. The Balaban J connectivity index is 1.36. The molecule has 3 atom stereocenters. The summed E-state index contributed by atoms with van der Waals surface area (Å²) in [6.07, 6.45) is 2.70. The highest BCUT2D eigenvalue weighted by molar-refractivity contribution is 7.92. The Morgan fingerprint density at radius 1 is 1.03 bits per heavy atom. The molecule has 6 rings (SSSR count). The van der Waals surface area contributed by atoms with Gasteiger partial charge in [0.2, 0.25) is 0 Å². The summed E-state index contributed by atoms with van der Waals surface area (Å²) in [4.78, 5) is 16.4. The lowest BCUT2D eigenvalue weighted by Crippen LogP contribution is -2.64. The summed E-state index contributed by atoms with van der Waals surface area (Å²) in [6, 6.07) is 9.87. The van der Waals surface area contributed by atoms with Crippen LogP contribution >= 0.6 is 11.6 Å². The second-order valence-corrected chi connectivity index (χ2v) is 12.2. The number of hydrogen-bond donors (Lipinski definition) is 3. The fourth-order valence-corrected chi connectivity index (χ4v) is 7.93. The first-order chi connectivity index (χ1) is 17.5. The van der Waals surface area contributed by atoms with E-state index in [1.807, 2.05) is 0 Å². The maximum Gasteiger partial charge on any atom is 0.255 e. The first-order valence-electron chi connectivity index (χ1n) is 11.6. The molecule has 1 aromatic heterocycles. The fourth-order valence-electron chi connectivity index (χ4n) is 5.53. The number of rotatable bonds is 6. The normalized spacial score (nSPS) is 25.7. The number of pyridine rings is 1. The number of aliphatic hydroxyl groups is 2. The van der Waals surface area contributed by atoms with Crippen LogP contribution in [0.1, 0.15) is 41.3 Å². The number of halogens is 3. The molecular weight excluding hydrogens is 526 g/mol. The molecule has 7 nitrogen and oxygen atoms in total. The van der Waals surface area contributed by atoms with Crippen LogP contribution in [-0.2, 0) is 9.84 Å². The highest BCUT2D eigenvalue weighted by Gasteiger charge is 2.63. The Morgan fingerprint density at radius 2 is 1.70 bits per heavy atom. The molecule has 1 amide bonds. The number of anilines is 1. The third-order valence-electron chi connectivity index (χ3n) is 7.55. The predicted molar refractivity (Wildman–Crippen MR) is 132 cm³/mol. The van der Waals surface area contributed by atoms with Crippen molar-refractivity contribution in [2.24, 2.45) is 11.8 Å². The van der Waals surface area contributed by atoms with E-state index in [0.717, 1.165) is 18.2 Å². The van der Waals surface area contributed by atoms with Gasteiger partial charge in [-0.1, -0.05) is 11.6 Å². The highest BCUT2D eigenvalue weighted by atomic mass is 35.5.